The summed E-state index contributed by atoms with van der Waals surface area (Å²) in [5, 5.41) is 0. The van der Waals surface area contributed by atoms with Crippen LogP contribution in [0.2, 0.25) is 0 Å². The van der Waals surface area contributed by atoms with Crippen LogP contribution in [0.25, 0.3) is 16.9 Å². The third-order valence-electron chi connectivity index (χ3n) is 3.85. The van der Waals surface area contributed by atoms with Gasteiger partial charge in [0.1, 0.15) is 5.82 Å². The maximum absolute atomic E-state index is 12.1. The van der Waals surface area contributed by atoms with Gasteiger partial charge in [0.15, 0.2) is 5.78 Å². The van der Waals surface area contributed by atoms with Gasteiger partial charge in [-0.25, -0.2) is 4.98 Å². The van der Waals surface area contributed by atoms with E-state index in [4.69, 9.17) is 0 Å². The average molecular weight is 290 g/mol. The summed E-state index contributed by atoms with van der Waals surface area (Å²) >= 11 is 0. The molecule has 0 saturated heterocycles. The van der Waals surface area contributed by atoms with E-state index in [9.17, 15) is 4.79 Å². The van der Waals surface area contributed by atoms with Gasteiger partial charge in [-0.3, -0.25) is 4.79 Å². The maximum atomic E-state index is 12.1. The minimum Gasteiger partial charge on any atom is -0.303 e. The monoisotopic (exact) mass is 290 g/mol. The summed E-state index contributed by atoms with van der Waals surface area (Å²) < 4.78 is 2.06. The number of ketones is 1. The number of Topliss-reactive ketones (excluding diaryl/α,β-unsaturated/α-hetero) is 1. The highest BCUT2D eigenvalue weighted by Gasteiger charge is 2.13. The summed E-state index contributed by atoms with van der Waals surface area (Å²) in [5.41, 5.74) is 4.79. The largest absolute Gasteiger partial charge is 0.303 e. The van der Waals surface area contributed by atoms with Crippen LogP contribution < -0.4 is 0 Å². The highest BCUT2D eigenvalue weighted by Crippen LogP contribution is 2.26. The quantitative estimate of drug-likeness (QED) is 0.672. The number of carbonyl (C=O) groups is 1. The third kappa shape index (κ3) is 2.46. The van der Waals surface area contributed by atoms with Crippen LogP contribution in [0.15, 0.2) is 54.7 Å². The molecule has 2 aromatic heterocycles. The number of aromatic nitrogens is 2. The van der Waals surface area contributed by atoms with Crippen molar-refractivity contribution < 1.29 is 4.79 Å². The van der Waals surface area contributed by atoms with Crippen LogP contribution in [0, 0.1) is 13.8 Å². The van der Waals surface area contributed by atoms with Gasteiger partial charge in [-0.05, 0) is 44.5 Å². The zero-order valence-electron chi connectivity index (χ0n) is 13.0. The standard InChI is InChI=1S/C19H18N2O/c1-13-9-10-14(2)21(13)19-11-17(15(3)22)18(12-20-19)16-7-5-4-6-8-16/h4-12H,1-3H3. The molecular weight excluding hydrogens is 272 g/mol. The first-order valence-electron chi connectivity index (χ1n) is 7.29. The molecule has 110 valence electrons. The van der Waals surface area contributed by atoms with Gasteiger partial charge < -0.3 is 4.57 Å². The molecule has 3 rings (SSSR count). The zero-order chi connectivity index (χ0) is 15.7. The number of hydrogen-bond acceptors (Lipinski definition) is 2. The van der Waals surface area contributed by atoms with Gasteiger partial charge in [-0.1, -0.05) is 30.3 Å². The van der Waals surface area contributed by atoms with Gasteiger partial charge in [0.05, 0.1) is 0 Å². The molecule has 0 aliphatic rings. The fraction of sp³-hybridized carbons (Fsp3) is 0.158. The summed E-state index contributed by atoms with van der Waals surface area (Å²) in [6.07, 6.45) is 1.79. The topological polar surface area (TPSA) is 34.9 Å². The molecule has 1 aromatic carbocycles. The van der Waals surface area contributed by atoms with Crippen molar-refractivity contribution in [3.8, 4) is 16.9 Å². The molecule has 3 nitrogen and oxygen atoms in total. The van der Waals surface area contributed by atoms with Crippen LogP contribution in [0.1, 0.15) is 28.7 Å². The fourth-order valence-electron chi connectivity index (χ4n) is 2.74. The highest BCUT2D eigenvalue weighted by atomic mass is 16.1. The summed E-state index contributed by atoms with van der Waals surface area (Å²) in [5.74, 6) is 0.829. The maximum Gasteiger partial charge on any atom is 0.160 e. The molecule has 0 N–H and O–H groups in total. The van der Waals surface area contributed by atoms with E-state index in [0.29, 0.717) is 5.56 Å². The van der Waals surface area contributed by atoms with Gasteiger partial charge in [0, 0.05) is 28.7 Å². The summed E-state index contributed by atoms with van der Waals surface area (Å²) in [6, 6.07) is 15.9. The second-order valence-electron chi connectivity index (χ2n) is 5.46. The molecule has 0 spiro atoms. The number of carbonyl (C=O) groups excluding carboxylic acids is 1. The van der Waals surface area contributed by atoms with E-state index in [-0.39, 0.29) is 5.78 Å². The molecular formula is C19H18N2O. The minimum atomic E-state index is 0.0463. The van der Waals surface area contributed by atoms with E-state index in [2.05, 4.69) is 21.7 Å². The first kappa shape index (κ1) is 14.3. The summed E-state index contributed by atoms with van der Waals surface area (Å²) in [6.45, 7) is 5.67. The molecule has 0 amide bonds. The van der Waals surface area contributed by atoms with E-state index in [1.165, 1.54) is 0 Å². The Bertz CT molecular complexity index is 812. The molecule has 0 aliphatic heterocycles. The molecule has 0 bridgehead atoms. The number of pyridine rings is 1. The van der Waals surface area contributed by atoms with Crippen LogP contribution in [0.3, 0.4) is 0 Å². The van der Waals surface area contributed by atoms with E-state index in [0.717, 1.165) is 28.3 Å². The smallest absolute Gasteiger partial charge is 0.160 e. The van der Waals surface area contributed by atoms with Gasteiger partial charge in [-0.2, -0.15) is 0 Å². The van der Waals surface area contributed by atoms with Gasteiger partial charge in [0.2, 0.25) is 0 Å². The Morgan fingerprint density at radius 3 is 2.23 bits per heavy atom. The van der Waals surface area contributed by atoms with Crippen LogP contribution in [-0.4, -0.2) is 15.3 Å². The second-order valence-corrected chi connectivity index (χ2v) is 5.46. The Balaban J connectivity index is 2.19. The fourth-order valence-corrected chi connectivity index (χ4v) is 2.74. The van der Waals surface area contributed by atoms with Crippen LogP contribution >= 0.6 is 0 Å². The molecule has 3 heteroatoms. The predicted octanol–water partition coefficient (Wildman–Crippen LogP) is 4.36. The number of nitrogens with zero attached hydrogens (tertiary/aromatic N) is 2. The summed E-state index contributed by atoms with van der Waals surface area (Å²) in [7, 11) is 0. The van der Waals surface area contributed by atoms with Crippen molar-refractivity contribution in [3.05, 3.63) is 71.7 Å². The van der Waals surface area contributed by atoms with Crippen molar-refractivity contribution in [1.82, 2.24) is 9.55 Å². The van der Waals surface area contributed by atoms with Crippen molar-refractivity contribution in [1.29, 1.82) is 0 Å². The Hall–Kier alpha value is -2.68. The lowest BCUT2D eigenvalue weighted by molar-refractivity contribution is 0.101. The molecule has 0 unspecified atom stereocenters. The number of aryl methyl sites for hydroxylation is 2. The molecule has 0 saturated carbocycles. The third-order valence-corrected chi connectivity index (χ3v) is 3.85. The molecule has 0 radical (unpaired) electrons. The summed E-state index contributed by atoms with van der Waals surface area (Å²) in [4.78, 5) is 16.7. The van der Waals surface area contributed by atoms with Gasteiger partial charge in [-0.15, -0.1) is 0 Å². The first-order chi connectivity index (χ1) is 10.6. The van der Waals surface area contributed by atoms with E-state index in [1.807, 2.05) is 50.2 Å². The molecule has 0 aliphatic carbocycles. The van der Waals surface area contributed by atoms with Crippen molar-refractivity contribution >= 4 is 5.78 Å². The average Bonchev–Trinajstić information content (AvgIpc) is 2.86. The number of hydrogen-bond donors (Lipinski definition) is 0. The molecule has 2 heterocycles. The van der Waals surface area contributed by atoms with Crippen LogP contribution in [0.4, 0.5) is 0 Å². The van der Waals surface area contributed by atoms with Gasteiger partial charge >= 0.3 is 0 Å². The van der Waals surface area contributed by atoms with E-state index >= 15 is 0 Å². The van der Waals surface area contributed by atoms with Crippen LogP contribution in [0.5, 0.6) is 0 Å². The SMILES string of the molecule is CC(=O)c1cc(-n2c(C)ccc2C)ncc1-c1ccccc1. The van der Waals surface area contributed by atoms with Crippen molar-refractivity contribution in [3.63, 3.8) is 0 Å². The molecule has 0 atom stereocenters. The van der Waals surface area contributed by atoms with E-state index < -0.39 is 0 Å². The zero-order valence-corrected chi connectivity index (χ0v) is 13.0. The van der Waals surface area contributed by atoms with Crippen molar-refractivity contribution in [2.75, 3.05) is 0 Å². The minimum absolute atomic E-state index is 0.0463. The van der Waals surface area contributed by atoms with E-state index in [1.54, 1.807) is 13.1 Å². The lowest BCUT2D eigenvalue weighted by Crippen LogP contribution is -2.05. The lowest BCUT2D eigenvalue weighted by Gasteiger charge is -2.12. The predicted molar refractivity (Wildman–Crippen MR) is 88.5 cm³/mol. The van der Waals surface area contributed by atoms with Crippen LogP contribution in [-0.2, 0) is 0 Å². The normalized spacial score (nSPS) is 10.7. The number of benzene rings is 1. The van der Waals surface area contributed by atoms with Crippen molar-refractivity contribution in [2.24, 2.45) is 0 Å². The lowest BCUT2D eigenvalue weighted by atomic mass is 9.99. The Morgan fingerprint density at radius 1 is 1.00 bits per heavy atom. The Labute approximate surface area is 130 Å². The Kier molecular flexibility index (Phi) is 3.63. The molecule has 3 aromatic rings. The second kappa shape index (κ2) is 5.60. The first-order valence-corrected chi connectivity index (χ1v) is 7.29. The molecule has 0 fully saturated rings. The van der Waals surface area contributed by atoms with Crippen molar-refractivity contribution in [2.45, 2.75) is 20.8 Å². The van der Waals surface area contributed by atoms with Gasteiger partial charge in [0.25, 0.3) is 0 Å². The molecule has 22 heavy (non-hydrogen) atoms. The highest BCUT2D eigenvalue weighted by molar-refractivity contribution is 6.01. The number of rotatable bonds is 3. The Morgan fingerprint density at radius 2 is 1.64 bits per heavy atom.